The van der Waals surface area contributed by atoms with Crippen molar-refractivity contribution in [1.82, 2.24) is 9.88 Å². The number of carbonyl (C=O) groups excluding carboxylic acids is 1. The average molecular weight is 422 g/mol. The molecule has 2 aromatic carbocycles. The van der Waals surface area contributed by atoms with Crippen molar-refractivity contribution in [1.29, 1.82) is 0 Å². The highest BCUT2D eigenvalue weighted by Crippen LogP contribution is 2.30. The van der Waals surface area contributed by atoms with E-state index in [1.165, 1.54) is 47.4 Å². The third-order valence-corrected chi connectivity index (χ3v) is 6.07. The second kappa shape index (κ2) is 9.45. The lowest BCUT2D eigenvalue weighted by Gasteiger charge is -2.21. The zero-order valence-corrected chi connectivity index (χ0v) is 17.3. The molecule has 0 saturated carbocycles. The van der Waals surface area contributed by atoms with Gasteiger partial charge in [-0.3, -0.25) is 9.69 Å². The highest BCUT2D eigenvalue weighted by molar-refractivity contribution is 8.00. The van der Waals surface area contributed by atoms with E-state index in [-0.39, 0.29) is 23.3 Å². The van der Waals surface area contributed by atoms with E-state index in [0.717, 1.165) is 17.9 Å². The Morgan fingerprint density at radius 3 is 2.50 bits per heavy atom. The molecule has 8 heteroatoms. The van der Waals surface area contributed by atoms with Crippen LogP contribution in [0.2, 0.25) is 0 Å². The summed E-state index contributed by atoms with van der Waals surface area (Å²) in [6, 6.07) is 10.5. The molecule has 0 aliphatic heterocycles. The molecule has 3 rings (SSSR count). The van der Waals surface area contributed by atoms with E-state index in [0.29, 0.717) is 21.9 Å². The molecule has 0 bridgehead atoms. The summed E-state index contributed by atoms with van der Waals surface area (Å²) >= 11 is 2.67. The van der Waals surface area contributed by atoms with Crippen LogP contribution in [-0.4, -0.2) is 48.7 Å². The summed E-state index contributed by atoms with van der Waals surface area (Å²) in [6.45, 7) is 1.37. The number of amides is 1. The Labute approximate surface area is 171 Å². The number of hydrogen-bond acceptors (Lipinski definition) is 5. The molecule has 4 nitrogen and oxygen atoms in total. The summed E-state index contributed by atoms with van der Waals surface area (Å²) in [5.74, 6) is -0.479. The van der Waals surface area contributed by atoms with Gasteiger partial charge >= 0.3 is 0 Å². The number of anilines is 1. The molecule has 1 amide bonds. The van der Waals surface area contributed by atoms with Crippen LogP contribution in [0.25, 0.3) is 10.2 Å². The number of carbonyl (C=O) groups is 1. The van der Waals surface area contributed by atoms with Crippen LogP contribution in [0, 0.1) is 11.6 Å². The summed E-state index contributed by atoms with van der Waals surface area (Å²) in [7, 11) is 3.97. The van der Waals surface area contributed by atoms with Crippen molar-refractivity contribution in [3.63, 3.8) is 0 Å². The fourth-order valence-corrected chi connectivity index (χ4v) is 4.44. The van der Waals surface area contributed by atoms with Crippen LogP contribution < -0.4 is 4.90 Å². The molecule has 0 radical (unpaired) electrons. The van der Waals surface area contributed by atoms with Crippen molar-refractivity contribution in [3.8, 4) is 0 Å². The van der Waals surface area contributed by atoms with Gasteiger partial charge in [0.1, 0.15) is 11.6 Å². The van der Waals surface area contributed by atoms with Gasteiger partial charge in [0.15, 0.2) is 5.13 Å². The van der Waals surface area contributed by atoms with Gasteiger partial charge < -0.3 is 4.90 Å². The van der Waals surface area contributed by atoms with Crippen LogP contribution in [-0.2, 0) is 4.79 Å². The predicted octanol–water partition coefficient (Wildman–Crippen LogP) is 4.65. The summed E-state index contributed by atoms with van der Waals surface area (Å²) in [5, 5.41) is 0.573. The molecule has 28 heavy (non-hydrogen) atoms. The van der Waals surface area contributed by atoms with Crippen LogP contribution >= 0.6 is 23.1 Å². The van der Waals surface area contributed by atoms with E-state index in [4.69, 9.17) is 0 Å². The van der Waals surface area contributed by atoms with E-state index in [9.17, 15) is 13.6 Å². The summed E-state index contributed by atoms with van der Waals surface area (Å²) in [6.07, 6.45) is 0.796. The number of thioether (sulfide) groups is 1. The maximum absolute atomic E-state index is 13.5. The maximum Gasteiger partial charge on any atom is 0.239 e. The lowest BCUT2D eigenvalue weighted by atomic mass is 10.3. The number of rotatable bonds is 8. The van der Waals surface area contributed by atoms with E-state index in [1.54, 1.807) is 23.1 Å². The van der Waals surface area contributed by atoms with Gasteiger partial charge in [-0.05, 0) is 69.5 Å². The number of thiazole rings is 1. The van der Waals surface area contributed by atoms with Crippen molar-refractivity contribution in [2.24, 2.45) is 0 Å². The summed E-state index contributed by atoms with van der Waals surface area (Å²) in [5.41, 5.74) is 0.679. The summed E-state index contributed by atoms with van der Waals surface area (Å²) < 4.78 is 27.3. The SMILES string of the molecule is CN(C)CCCN(C(=O)CSc1ccc(F)cc1)c1nc2ccc(F)cc2s1. The molecule has 0 fully saturated rings. The Bertz CT molecular complexity index is 944. The normalized spacial score (nSPS) is 11.3. The first kappa shape index (κ1) is 20.7. The first-order valence-electron chi connectivity index (χ1n) is 8.82. The molecule has 0 aliphatic rings. The standard InChI is InChI=1S/C20H21F2N3OS2/c1-24(2)10-3-11-25(19(26)13-27-16-7-4-14(21)5-8-16)20-23-17-9-6-15(22)12-18(17)28-20/h4-9,12H,3,10-11,13H2,1-2H3. The molecular weight excluding hydrogens is 400 g/mol. The van der Waals surface area contributed by atoms with Gasteiger partial charge in [-0.2, -0.15) is 0 Å². The zero-order valence-electron chi connectivity index (χ0n) is 15.7. The number of fused-ring (bicyclic) bond motifs is 1. The Kier molecular flexibility index (Phi) is 6.98. The van der Waals surface area contributed by atoms with Crippen molar-refractivity contribution < 1.29 is 13.6 Å². The second-order valence-electron chi connectivity index (χ2n) is 6.55. The number of aromatic nitrogens is 1. The van der Waals surface area contributed by atoms with Crippen molar-refractivity contribution in [2.75, 3.05) is 37.8 Å². The first-order valence-corrected chi connectivity index (χ1v) is 10.6. The second-order valence-corrected chi connectivity index (χ2v) is 8.61. The zero-order chi connectivity index (χ0) is 20.1. The van der Waals surface area contributed by atoms with E-state index >= 15 is 0 Å². The quantitative estimate of drug-likeness (QED) is 0.496. The molecule has 0 N–H and O–H groups in total. The Balaban J connectivity index is 1.76. The van der Waals surface area contributed by atoms with Gasteiger partial charge in [-0.15, -0.1) is 11.8 Å². The Hall–Kier alpha value is -2.03. The smallest absolute Gasteiger partial charge is 0.239 e. The van der Waals surface area contributed by atoms with Gasteiger partial charge in [0.05, 0.1) is 16.0 Å². The van der Waals surface area contributed by atoms with Crippen LogP contribution in [0.5, 0.6) is 0 Å². The lowest BCUT2D eigenvalue weighted by molar-refractivity contribution is -0.116. The lowest BCUT2D eigenvalue weighted by Crippen LogP contribution is -2.34. The van der Waals surface area contributed by atoms with Crippen molar-refractivity contribution >= 4 is 44.4 Å². The molecule has 1 aromatic heterocycles. The van der Waals surface area contributed by atoms with Gasteiger partial charge in [-0.25, -0.2) is 13.8 Å². The number of nitrogens with zero attached hydrogens (tertiary/aromatic N) is 3. The van der Waals surface area contributed by atoms with E-state index < -0.39 is 0 Å². The topological polar surface area (TPSA) is 36.4 Å². The van der Waals surface area contributed by atoms with Crippen LogP contribution in [0.1, 0.15) is 6.42 Å². The monoisotopic (exact) mass is 421 g/mol. The van der Waals surface area contributed by atoms with Gasteiger partial charge in [0, 0.05) is 11.4 Å². The first-order chi connectivity index (χ1) is 13.4. The fourth-order valence-electron chi connectivity index (χ4n) is 2.63. The minimum atomic E-state index is -0.319. The molecule has 0 spiro atoms. The molecular formula is C20H21F2N3OS2. The van der Waals surface area contributed by atoms with E-state index in [2.05, 4.69) is 9.88 Å². The Morgan fingerprint density at radius 1 is 1.07 bits per heavy atom. The van der Waals surface area contributed by atoms with Crippen molar-refractivity contribution in [2.45, 2.75) is 11.3 Å². The minimum absolute atomic E-state index is 0.0763. The van der Waals surface area contributed by atoms with Crippen molar-refractivity contribution in [3.05, 3.63) is 54.1 Å². The number of benzene rings is 2. The molecule has 3 aromatic rings. The number of halogens is 2. The third kappa shape index (κ3) is 5.50. The average Bonchev–Trinajstić information content (AvgIpc) is 3.07. The van der Waals surface area contributed by atoms with Crippen LogP contribution in [0.15, 0.2) is 47.4 Å². The van der Waals surface area contributed by atoms with Crippen LogP contribution in [0.3, 0.4) is 0 Å². The summed E-state index contributed by atoms with van der Waals surface area (Å²) in [4.78, 5) is 22.0. The van der Waals surface area contributed by atoms with Crippen LogP contribution in [0.4, 0.5) is 13.9 Å². The molecule has 0 unspecified atom stereocenters. The number of hydrogen-bond donors (Lipinski definition) is 0. The minimum Gasteiger partial charge on any atom is -0.309 e. The highest BCUT2D eigenvalue weighted by Gasteiger charge is 2.20. The van der Waals surface area contributed by atoms with Gasteiger partial charge in [0.2, 0.25) is 5.91 Å². The highest BCUT2D eigenvalue weighted by atomic mass is 32.2. The maximum atomic E-state index is 13.5. The van der Waals surface area contributed by atoms with E-state index in [1.807, 2.05) is 14.1 Å². The molecule has 0 atom stereocenters. The molecule has 0 saturated heterocycles. The van der Waals surface area contributed by atoms with Gasteiger partial charge in [-0.1, -0.05) is 11.3 Å². The third-order valence-electron chi connectivity index (χ3n) is 4.03. The molecule has 1 heterocycles. The largest absolute Gasteiger partial charge is 0.309 e. The molecule has 0 aliphatic carbocycles. The van der Waals surface area contributed by atoms with Gasteiger partial charge in [0.25, 0.3) is 0 Å². The predicted molar refractivity (Wildman–Crippen MR) is 112 cm³/mol. The Morgan fingerprint density at radius 2 is 1.79 bits per heavy atom. The fraction of sp³-hybridized carbons (Fsp3) is 0.300. The molecule has 148 valence electrons.